The molecular formula is C27H30N2S. The van der Waals surface area contributed by atoms with Crippen LogP contribution in [0.1, 0.15) is 58.2 Å². The van der Waals surface area contributed by atoms with Crippen LogP contribution in [0.2, 0.25) is 0 Å². The molecule has 1 N–H and O–H groups in total. The predicted molar refractivity (Wildman–Crippen MR) is 134 cm³/mol. The van der Waals surface area contributed by atoms with Gasteiger partial charge < -0.3 is 0 Å². The van der Waals surface area contributed by atoms with Crippen LogP contribution in [0.25, 0.3) is 20.9 Å². The summed E-state index contributed by atoms with van der Waals surface area (Å²) in [5, 5.41) is 9.44. The summed E-state index contributed by atoms with van der Waals surface area (Å²) in [5.74, 6) is 0. The molecule has 0 fully saturated rings. The molecule has 30 heavy (non-hydrogen) atoms. The van der Waals surface area contributed by atoms with Crippen molar-refractivity contribution in [1.29, 1.82) is 0 Å². The second-order valence-corrected chi connectivity index (χ2v) is 11.1. The lowest BCUT2D eigenvalue weighted by atomic mass is 9.81. The van der Waals surface area contributed by atoms with Crippen molar-refractivity contribution in [2.24, 2.45) is 5.10 Å². The van der Waals surface area contributed by atoms with Crippen molar-refractivity contribution in [1.82, 2.24) is 0 Å². The van der Waals surface area contributed by atoms with Gasteiger partial charge in [-0.25, -0.2) is 0 Å². The highest BCUT2D eigenvalue weighted by atomic mass is 32.1. The highest BCUT2D eigenvalue weighted by Crippen LogP contribution is 2.33. The van der Waals surface area contributed by atoms with Crippen LogP contribution in [0.5, 0.6) is 0 Å². The Kier molecular flexibility index (Phi) is 5.19. The summed E-state index contributed by atoms with van der Waals surface area (Å²) in [4.78, 5) is 0. The fourth-order valence-corrected chi connectivity index (χ4v) is 4.65. The van der Waals surface area contributed by atoms with E-state index >= 15 is 0 Å². The summed E-state index contributed by atoms with van der Waals surface area (Å²) in [7, 11) is 0. The van der Waals surface area contributed by atoms with Crippen LogP contribution in [-0.4, -0.2) is 6.21 Å². The summed E-state index contributed by atoms with van der Waals surface area (Å²) in [5.41, 5.74) is 7.22. The second-order valence-electron chi connectivity index (χ2n) is 10.0. The standard InChI is InChI=1S/C27H30N2S/c1-26(2,3)22-12-11-18-15-23(27(4,5)6)21(13-20(18)14-22)17-28-29-25-16-19-9-7-8-10-24(19)30-25/h7-17,29H,1-6H3/b28-17+. The summed E-state index contributed by atoms with van der Waals surface area (Å²) in [6.07, 6.45) is 1.97. The van der Waals surface area contributed by atoms with Gasteiger partial charge in [-0.1, -0.05) is 77.9 Å². The molecule has 0 radical (unpaired) electrons. The van der Waals surface area contributed by atoms with Crippen molar-refractivity contribution < 1.29 is 0 Å². The summed E-state index contributed by atoms with van der Waals surface area (Å²) in [6.45, 7) is 13.6. The average molecular weight is 415 g/mol. The van der Waals surface area contributed by atoms with E-state index in [0.717, 1.165) is 10.6 Å². The minimum atomic E-state index is 0.0376. The van der Waals surface area contributed by atoms with E-state index in [1.54, 1.807) is 11.3 Å². The number of benzene rings is 3. The first-order valence-electron chi connectivity index (χ1n) is 10.5. The molecule has 2 nitrogen and oxygen atoms in total. The highest BCUT2D eigenvalue weighted by molar-refractivity contribution is 7.22. The number of hydrogen-bond acceptors (Lipinski definition) is 3. The van der Waals surface area contributed by atoms with E-state index in [1.807, 2.05) is 6.21 Å². The second kappa shape index (κ2) is 7.55. The SMILES string of the molecule is CC(C)(C)c1ccc2cc(C(C)(C)C)c(/C=N/Nc3cc4ccccc4s3)cc2c1. The molecule has 4 rings (SSSR count). The topological polar surface area (TPSA) is 24.4 Å². The van der Waals surface area contributed by atoms with Crippen molar-refractivity contribution in [2.75, 3.05) is 5.43 Å². The fraction of sp³-hybridized carbons (Fsp3) is 0.296. The fourth-order valence-electron chi connectivity index (χ4n) is 3.74. The highest BCUT2D eigenvalue weighted by Gasteiger charge is 2.19. The van der Waals surface area contributed by atoms with Crippen molar-refractivity contribution in [3.8, 4) is 0 Å². The molecule has 1 aromatic heterocycles. The maximum atomic E-state index is 4.59. The van der Waals surface area contributed by atoms with Crippen molar-refractivity contribution >= 4 is 43.4 Å². The number of hydrogen-bond donors (Lipinski definition) is 1. The molecule has 0 atom stereocenters. The number of nitrogens with one attached hydrogen (secondary N) is 1. The molecule has 3 heteroatoms. The molecule has 1 heterocycles. The number of thiophene rings is 1. The number of rotatable bonds is 3. The largest absolute Gasteiger partial charge is 0.269 e. The van der Waals surface area contributed by atoms with Crippen LogP contribution in [0, 0.1) is 0 Å². The molecule has 0 aliphatic heterocycles. The monoisotopic (exact) mass is 414 g/mol. The minimum absolute atomic E-state index is 0.0376. The van der Waals surface area contributed by atoms with Crippen LogP contribution < -0.4 is 5.43 Å². The van der Waals surface area contributed by atoms with E-state index in [-0.39, 0.29) is 10.8 Å². The van der Waals surface area contributed by atoms with Crippen LogP contribution in [0.15, 0.2) is 65.8 Å². The quantitative estimate of drug-likeness (QED) is 0.266. The molecule has 4 aromatic rings. The van der Waals surface area contributed by atoms with E-state index in [2.05, 4.69) is 113 Å². The number of nitrogens with zero attached hydrogens (tertiary/aromatic N) is 1. The van der Waals surface area contributed by atoms with E-state index in [1.165, 1.54) is 32.0 Å². The Hall–Kier alpha value is -2.65. The molecule has 0 unspecified atom stereocenters. The molecule has 3 aromatic carbocycles. The Balaban J connectivity index is 1.71. The van der Waals surface area contributed by atoms with Crippen LogP contribution >= 0.6 is 11.3 Å². The van der Waals surface area contributed by atoms with Gasteiger partial charge >= 0.3 is 0 Å². The van der Waals surface area contributed by atoms with Gasteiger partial charge in [0.15, 0.2) is 0 Å². The van der Waals surface area contributed by atoms with Crippen LogP contribution in [0.3, 0.4) is 0 Å². The first-order valence-corrected chi connectivity index (χ1v) is 11.3. The van der Waals surface area contributed by atoms with Gasteiger partial charge in [0, 0.05) is 4.70 Å². The van der Waals surface area contributed by atoms with Gasteiger partial charge in [0.05, 0.1) is 6.21 Å². The minimum Gasteiger partial charge on any atom is -0.269 e. The third kappa shape index (κ3) is 4.27. The van der Waals surface area contributed by atoms with Crippen LogP contribution in [-0.2, 0) is 10.8 Å². The Bertz CT molecular complexity index is 1200. The smallest absolute Gasteiger partial charge is 0.110 e. The molecule has 0 saturated heterocycles. The first kappa shape index (κ1) is 20.6. The van der Waals surface area contributed by atoms with Crippen molar-refractivity contribution in [3.05, 3.63) is 77.4 Å². The Morgan fingerprint density at radius 2 is 1.53 bits per heavy atom. The third-order valence-electron chi connectivity index (χ3n) is 5.49. The van der Waals surface area contributed by atoms with Gasteiger partial charge in [-0.3, -0.25) is 5.43 Å². The number of anilines is 1. The van der Waals surface area contributed by atoms with Crippen LogP contribution in [0.4, 0.5) is 5.00 Å². The molecule has 0 bridgehead atoms. The van der Waals surface area contributed by atoms with Gasteiger partial charge in [0.25, 0.3) is 0 Å². The lowest BCUT2D eigenvalue weighted by molar-refractivity contribution is 0.589. The van der Waals surface area contributed by atoms with Gasteiger partial charge in [-0.2, -0.15) is 5.10 Å². The predicted octanol–water partition coefficient (Wildman–Crippen LogP) is 8.10. The molecule has 0 aliphatic carbocycles. The average Bonchev–Trinajstić information content (AvgIpc) is 3.08. The summed E-state index contributed by atoms with van der Waals surface area (Å²) >= 11 is 1.72. The maximum Gasteiger partial charge on any atom is 0.110 e. The Labute approximate surface area is 183 Å². The van der Waals surface area contributed by atoms with Gasteiger partial charge in [-0.15, -0.1) is 11.3 Å². The van der Waals surface area contributed by atoms with Crippen molar-refractivity contribution in [3.63, 3.8) is 0 Å². The van der Waals surface area contributed by atoms with Crippen molar-refractivity contribution in [2.45, 2.75) is 52.4 Å². The number of hydrazone groups is 1. The Morgan fingerprint density at radius 3 is 2.23 bits per heavy atom. The molecular weight excluding hydrogens is 384 g/mol. The normalized spacial score (nSPS) is 12.9. The number of fused-ring (bicyclic) bond motifs is 2. The third-order valence-corrected chi connectivity index (χ3v) is 6.51. The molecule has 154 valence electrons. The van der Waals surface area contributed by atoms with E-state index in [4.69, 9.17) is 0 Å². The lowest BCUT2D eigenvalue weighted by Crippen LogP contribution is -2.15. The molecule has 0 saturated carbocycles. The van der Waals surface area contributed by atoms with E-state index in [0.29, 0.717) is 0 Å². The molecule has 0 spiro atoms. The molecule has 0 aliphatic rings. The zero-order chi connectivity index (χ0) is 21.5. The lowest BCUT2D eigenvalue weighted by Gasteiger charge is -2.24. The first-order chi connectivity index (χ1) is 14.1. The summed E-state index contributed by atoms with van der Waals surface area (Å²) < 4.78 is 1.27. The molecule has 0 amide bonds. The summed E-state index contributed by atoms with van der Waals surface area (Å²) in [6, 6.07) is 22.0. The zero-order valence-electron chi connectivity index (χ0n) is 18.7. The van der Waals surface area contributed by atoms with Gasteiger partial charge in [0.1, 0.15) is 5.00 Å². The Morgan fingerprint density at radius 1 is 0.767 bits per heavy atom. The zero-order valence-corrected chi connectivity index (χ0v) is 19.5. The maximum absolute atomic E-state index is 4.59. The van der Waals surface area contributed by atoms with E-state index in [9.17, 15) is 0 Å². The van der Waals surface area contributed by atoms with Gasteiger partial charge in [-0.05, 0) is 67.9 Å². The van der Waals surface area contributed by atoms with Gasteiger partial charge in [0.2, 0.25) is 0 Å². The van der Waals surface area contributed by atoms with E-state index < -0.39 is 0 Å².